The minimum Gasteiger partial charge on any atom is -0.480 e. The average molecular weight is 778 g/mol. The molecule has 22 nitrogen and oxygen atoms in total. The van der Waals surface area contributed by atoms with E-state index < -0.39 is 134 Å². The Morgan fingerprint density at radius 3 is 1.85 bits per heavy atom. The minimum atomic E-state index is -1.60. The predicted molar refractivity (Wildman–Crippen MR) is 185 cm³/mol. The number of nitrogens with two attached hydrogens (primary N) is 1. The number of carboxylic acid groups (broad SMARTS) is 2. The van der Waals surface area contributed by atoms with Gasteiger partial charge in [0, 0.05) is 20.5 Å². The molecule has 0 saturated carbocycles. The van der Waals surface area contributed by atoms with Gasteiger partial charge in [0.25, 0.3) is 0 Å². The van der Waals surface area contributed by atoms with Crippen LogP contribution in [0.5, 0.6) is 0 Å². The Morgan fingerprint density at radius 1 is 0.759 bits per heavy atom. The quantitative estimate of drug-likeness (QED) is 0.0436. The van der Waals surface area contributed by atoms with Crippen molar-refractivity contribution in [3.63, 3.8) is 0 Å². The molecule has 1 rings (SSSR count). The zero-order valence-corrected chi connectivity index (χ0v) is 31.2. The summed E-state index contributed by atoms with van der Waals surface area (Å²) < 4.78 is 16.4. The van der Waals surface area contributed by atoms with Crippen LogP contribution in [0.1, 0.15) is 66.7 Å². The molecule has 1 saturated heterocycles. The fraction of sp³-hybridized carbons (Fsp3) is 0.750. The number of nitrogens with one attached hydrogen (secondary N) is 6. The summed E-state index contributed by atoms with van der Waals surface area (Å²) in [6.45, 7) is 5.97. The second kappa shape index (κ2) is 23.3. The Kier molecular flexibility index (Phi) is 20.5. The SMILES string of the molecule is CO[C@@H]1O[C@H](CO)[C@@H](O)[C@H](O[C@H](C)C(=O)N[C@@H](C)C(=O)N[C@H](CCC(=O)N[C@@H](CCCCN)C(=O)N[C@H](C)C(=O)N[C@H](C)C(=O)O)C(=O)O)[C@H]1NC(C)=O. The van der Waals surface area contributed by atoms with Crippen molar-refractivity contribution < 1.29 is 73.0 Å². The van der Waals surface area contributed by atoms with E-state index in [4.69, 9.17) is 25.1 Å². The molecule has 0 bridgehead atoms. The smallest absolute Gasteiger partial charge is 0.326 e. The van der Waals surface area contributed by atoms with Crippen LogP contribution in [-0.2, 0) is 52.6 Å². The molecule has 0 aromatic carbocycles. The van der Waals surface area contributed by atoms with E-state index in [2.05, 4.69) is 31.9 Å². The van der Waals surface area contributed by atoms with Crippen LogP contribution in [0.25, 0.3) is 0 Å². The number of amides is 6. The summed E-state index contributed by atoms with van der Waals surface area (Å²) in [5.41, 5.74) is 5.53. The third-order valence-corrected chi connectivity index (χ3v) is 8.29. The van der Waals surface area contributed by atoms with Crippen molar-refractivity contribution in [2.45, 2.75) is 134 Å². The number of carbonyl (C=O) groups excluding carboxylic acids is 6. The molecule has 0 spiro atoms. The normalized spacial score (nSPS) is 22.9. The number of unbranched alkanes of at least 4 members (excludes halogenated alkanes) is 1. The van der Waals surface area contributed by atoms with E-state index in [0.29, 0.717) is 19.4 Å². The molecule has 0 aromatic rings. The van der Waals surface area contributed by atoms with Gasteiger partial charge in [-0.3, -0.25) is 33.6 Å². The highest BCUT2D eigenvalue weighted by Crippen LogP contribution is 2.25. The van der Waals surface area contributed by atoms with Crippen molar-refractivity contribution >= 4 is 47.4 Å². The number of aliphatic hydroxyl groups excluding tert-OH is 2. The monoisotopic (exact) mass is 777 g/mol. The predicted octanol–water partition coefficient (Wildman–Crippen LogP) is -4.45. The van der Waals surface area contributed by atoms with Gasteiger partial charge in [-0.1, -0.05) is 0 Å². The van der Waals surface area contributed by atoms with E-state index in [1.165, 1.54) is 41.7 Å². The lowest BCUT2D eigenvalue weighted by Crippen LogP contribution is -2.66. The standard InChI is InChI=1S/C32H55N7O15/c1-14(26(44)36-16(3)30(48)49)35-29(47)19(9-7-8-12-33)38-22(42)11-10-20(31(50)51)39-27(45)15(2)34-28(46)17(4)53-25-23(37-18(5)41)32(52-6)54-21(13-40)24(25)43/h14-17,19-21,23-25,32,40,43H,7-13,33H2,1-6H3,(H,34,46)(H,35,47)(H,36,44)(H,37,41)(H,38,42)(H,39,45)(H,48,49)(H,50,51)/t14-,15+,16-,17-,19+,20-,21-,23-,24-,25-,32-/m1/s1. The van der Waals surface area contributed by atoms with Gasteiger partial charge in [-0.2, -0.15) is 0 Å². The van der Waals surface area contributed by atoms with Gasteiger partial charge in [0.1, 0.15) is 60.7 Å². The molecule has 1 aliphatic rings. The summed E-state index contributed by atoms with van der Waals surface area (Å²) in [7, 11) is 1.26. The number of hydrogen-bond donors (Lipinski definition) is 11. The number of rotatable bonds is 23. The summed E-state index contributed by atoms with van der Waals surface area (Å²) in [6.07, 6.45) is -6.37. The van der Waals surface area contributed by atoms with Crippen molar-refractivity contribution in [2.75, 3.05) is 20.3 Å². The second-order valence-corrected chi connectivity index (χ2v) is 12.8. The summed E-state index contributed by atoms with van der Waals surface area (Å²) in [4.78, 5) is 98.8. The first-order valence-electron chi connectivity index (χ1n) is 17.3. The van der Waals surface area contributed by atoms with Gasteiger partial charge in [0.2, 0.25) is 35.4 Å². The molecule has 1 heterocycles. The fourth-order valence-corrected chi connectivity index (χ4v) is 5.15. The van der Waals surface area contributed by atoms with Crippen molar-refractivity contribution in [2.24, 2.45) is 5.73 Å². The van der Waals surface area contributed by atoms with E-state index in [1.54, 1.807) is 0 Å². The van der Waals surface area contributed by atoms with Gasteiger partial charge < -0.3 is 72.3 Å². The molecule has 0 aromatic heterocycles. The number of methoxy groups -OCH3 is 1. The molecule has 308 valence electrons. The number of hydrogen-bond acceptors (Lipinski definition) is 14. The molecule has 0 aliphatic carbocycles. The maximum absolute atomic E-state index is 13.0. The summed E-state index contributed by atoms with van der Waals surface area (Å²) in [6, 6.07) is -7.56. The van der Waals surface area contributed by atoms with E-state index in [9.17, 15) is 53.7 Å². The minimum absolute atomic E-state index is 0.115. The zero-order chi connectivity index (χ0) is 41.3. The summed E-state index contributed by atoms with van der Waals surface area (Å²) in [5, 5.41) is 53.3. The molecular formula is C32H55N7O15. The lowest BCUT2D eigenvalue weighted by atomic mass is 9.96. The number of ether oxygens (including phenoxy) is 3. The van der Waals surface area contributed by atoms with Crippen LogP contribution in [0, 0.1) is 0 Å². The van der Waals surface area contributed by atoms with Crippen molar-refractivity contribution in [3.05, 3.63) is 0 Å². The molecule has 12 N–H and O–H groups in total. The molecule has 1 aliphatic heterocycles. The highest BCUT2D eigenvalue weighted by atomic mass is 16.7. The molecule has 0 radical (unpaired) electrons. The van der Waals surface area contributed by atoms with Gasteiger partial charge in [0.05, 0.1) is 6.61 Å². The van der Waals surface area contributed by atoms with Crippen LogP contribution < -0.4 is 37.6 Å². The molecule has 22 heteroatoms. The third-order valence-electron chi connectivity index (χ3n) is 8.29. The summed E-state index contributed by atoms with van der Waals surface area (Å²) in [5.74, 6) is -7.38. The number of carbonyl (C=O) groups is 8. The number of aliphatic carboxylic acids is 2. The fourth-order valence-electron chi connectivity index (χ4n) is 5.15. The summed E-state index contributed by atoms with van der Waals surface area (Å²) >= 11 is 0. The number of carboxylic acids is 2. The Bertz CT molecular complexity index is 1320. The van der Waals surface area contributed by atoms with Crippen LogP contribution in [0.2, 0.25) is 0 Å². The molecular weight excluding hydrogens is 722 g/mol. The van der Waals surface area contributed by atoms with Crippen LogP contribution in [0.3, 0.4) is 0 Å². The highest BCUT2D eigenvalue weighted by molar-refractivity contribution is 5.94. The highest BCUT2D eigenvalue weighted by Gasteiger charge is 2.47. The van der Waals surface area contributed by atoms with Crippen molar-refractivity contribution in [1.29, 1.82) is 0 Å². The van der Waals surface area contributed by atoms with E-state index in [0.717, 1.165) is 0 Å². The molecule has 11 atom stereocenters. The molecule has 6 amide bonds. The van der Waals surface area contributed by atoms with Gasteiger partial charge in [-0.05, 0) is 59.9 Å². The first kappa shape index (κ1) is 47.5. The molecule has 0 unspecified atom stereocenters. The Labute approximate surface area is 311 Å². The maximum atomic E-state index is 13.0. The maximum Gasteiger partial charge on any atom is 0.326 e. The Morgan fingerprint density at radius 2 is 1.33 bits per heavy atom. The Hall–Kier alpha value is -4.48. The Balaban J connectivity index is 2.86. The van der Waals surface area contributed by atoms with Gasteiger partial charge >= 0.3 is 11.9 Å². The lowest BCUT2D eigenvalue weighted by Gasteiger charge is -2.44. The topological polar surface area (TPSA) is 343 Å². The van der Waals surface area contributed by atoms with Crippen LogP contribution in [-0.4, -0.2) is 155 Å². The van der Waals surface area contributed by atoms with Gasteiger partial charge in [0.15, 0.2) is 6.29 Å². The van der Waals surface area contributed by atoms with Crippen molar-refractivity contribution in [1.82, 2.24) is 31.9 Å². The van der Waals surface area contributed by atoms with E-state index in [-0.39, 0.29) is 6.42 Å². The van der Waals surface area contributed by atoms with Crippen LogP contribution in [0.15, 0.2) is 0 Å². The first-order chi connectivity index (χ1) is 25.3. The average Bonchev–Trinajstić information content (AvgIpc) is 3.10. The van der Waals surface area contributed by atoms with Crippen LogP contribution >= 0.6 is 0 Å². The molecule has 54 heavy (non-hydrogen) atoms. The zero-order valence-electron chi connectivity index (χ0n) is 31.2. The van der Waals surface area contributed by atoms with Gasteiger partial charge in [-0.15, -0.1) is 0 Å². The van der Waals surface area contributed by atoms with Crippen molar-refractivity contribution in [3.8, 4) is 0 Å². The van der Waals surface area contributed by atoms with Crippen LogP contribution in [0.4, 0.5) is 0 Å². The van der Waals surface area contributed by atoms with E-state index in [1.807, 2.05) is 0 Å². The third kappa shape index (κ3) is 15.5. The molecule has 1 fully saturated rings. The van der Waals surface area contributed by atoms with Gasteiger partial charge in [-0.25, -0.2) is 4.79 Å². The lowest BCUT2D eigenvalue weighted by molar-refractivity contribution is -0.273. The number of aliphatic hydroxyl groups is 2. The first-order valence-corrected chi connectivity index (χ1v) is 17.3. The largest absolute Gasteiger partial charge is 0.480 e. The van der Waals surface area contributed by atoms with E-state index >= 15 is 0 Å². The second-order valence-electron chi connectivity index (χ2n) is 12.8.